The molecule has 2 heterocycles. The van der Waals surface area contributed by atoms with Crippen LogP contribution in [0.4, 0.5) is 0 Å². The van der Waals surface area contributed by atoms with Crippen molar-refractivity contribution in [3.8, 4) is 11.5 Å². The number of benzene rings is 1. The van der Waals surface area contributed by atoms with Crippen LogP contribution in [-0.4, -0.2) is 15.2 Å². The largest absolute Gasteiger partial charge is 0.507 e. The summed E-state index contributed by atoms with van der Waals surface area (Å²) in [5.41, 5.74) is 0.595. The molecule has 0 radical (unpaired) electrons. The Kier molecular flexibility index (Phi) is 1.33. The van der Waals surface area contributed by atoms with E-state index in [9.17, 15) is 10.2 Å². The predicted octanol–water partition coefficient (Wildman–Crippen LogP) is 2.79. The lowest BCUT2D eigenvalue weighted by Gasteiger charge is -2.01. The quantitative estimate of drug-likeness (QED) is 0.494. The van der Waals surface area contributed by atoms with Gasteiger partial charge in [-0.25, -0.2) is 0 Å². The number of nitrogens with one attached hydrogen (secondary N) is 1. The predicted molar refractivity (Wildman–Crippen MR) is 57.0 cm³/mol. The number of aromatic nitrogens is 1. The fraction of sp³-hybridized carbons (Fsp3) is 0. The molecule has 0 spiro atoms. The number of thiophene rings is 1. The van der Waals surface area contributed by atoms with Gasteiger partial charge in [0.1, 0.15) is 5.75 Å². The molecule has 2 aromatic heterocycles. The molecule has 0 amide bonds. The van der Waals surface area contributed by atoms with Crippen LogP contribution >= 0.6 is 11.3 Å². The molecule has 70 valence electrons. The summed E-state index contributed by atoms with van der Waals surface area (Å²) in [5, 5.41) is 23.0. The maximum Gasteiger partial charge on any atom is 0.157 e. The molecule has 0 unspecified atom stereocenters. The molecule has 0 aliphatic carbocycles. The number of H-pyrrole nitrogens is 1. The zero-order chi connectivity index (χ0) is 9.71. The van der Waals surface area contributed by atoms with Gasteiger partial charge in [0.15, 0.2) is 5.75 Å². The number of aromatic hydroxyl groups is 2. The van der Waals surface area contributed by atoms with Crippen molar-refractivity contribution in [1.29, 1.82) is 0 Å². The summed E-state index contributed by atoms with van der Waals surface area (Å²) in [6, 6.07) is 3.56. The second-order valence-electron chi connectivity index (χ2n) is 3.13. The van der Waals surface area contributed by atoms with E-state index >= 15 is 0 Å². The van der Waals surface area contributed by atoms with Crippen molar-refractivity contribution in [3.63, 3.8) is 0 Å². The van der Waals surface area contributed by atoms with Crippen molar-refractivity contribution in [1.82, 2.24) is 4.98 Å². The third-order valence-electron chi connectivity index (χ3n) is 2.37. The molecule has 0 saturated heterocycles. The summed E-state index contributed by atoms with van der Waals surface area (Å²) in [4.78, 5) is 2.91. The van der Waals surface area contributed by atoms with Gasteiger partial charge in [-0.15, -0.1) is 11.3 Å². The Labute approximate surface area is 83.2 Å². The van der Waals surface area contributed by atoms with E-state index in [4.69, 9.17) is 0 Å². The third-order valence-corrected chi connectivity index (χ3v) is 3.30. The smallest absolute Gasteiger partial charge is 0.157 e. The Morgan fingerprint density at radius 3 is 2.79 bits per heavy atom. The van der Waals surface area contributed by atoms with Gasteiger partial charge in [-0.1, -0.05) is 0 Å². The second kappa shape index (κ2) is 2.42. The standard InChI is InChI=1S/C10H7NO2S/c12-8-5-1-3-11-7(5)9(13)10-6(8)2-4-14-10/h1-4,11-13H. The molecule has 0 fully saturated rings. The highest BCUT2D eigenvalue weighted by Gasteiger charge is 2.13. The number of aromatic amines is 1. The van der Waals surface area contributed by atoms with Crippen molar-refractivity contribution >= 4 is 32.3 Å². The molecule has 0 saturated carbocycles. The first-order valence-corrected chi connectivity index (χ1v) is 5.05. The van der Waals surface area contributed by atoms with Gasteiger partial charge in [-0.2, -0.15) is 0 Å². The van der Waals surface area contributed by atoms with Crippen LogP contribution in [0, 0.1) is 0 Å². The van der Waals surface area contributed by atoms with Gasteiger partial charge in [0, 0.05) is 17.0 Å². The first kappa shape index (κ1) is 7.70. The van der Waals surface area contributed by atoms with Gasteiger partial charge in [-0.3, -0.25) is 0 Å². The number of hydrogen-bond donors (Lipinski definition) is 3. The summed E-state index contributed by atoms with van der Waals surface area (Å²) in [6.07, 6.45) is 1.70. The normalized spacial score (nSPS) is 11.4. The van der Waals surface area contributed by atoms with E-state index in [0.717, 1.165) is 4.70 Å². The summed E-state index contributed by atoms with van der Waals surface area (Å²) in [7, 11) is 0. The molecule has 0 aliphatic heterocycles. The van der Waals surface area contributed by atoms with Gasteiger partial charge in [-0.05, 0) is 17.5 Å². The lowest BCUT2D eigenvalue weighted by atomic mass is 10.1. The van der Waals surface area contributed by atoms with E-state index in [1.165, 1.54) is 11.3 Å². The number of fused-ring (bicyclic) bond motifs is 2. The Balaban J connectivity index is 2.72. The van der Waals surface area contributed by atoms with Gasteiger partial charge in [0.2, 0.25) is 0 Å². The molecule has 14 heavy (non-hydrogen) atoms. The highest BCUT2D eigenvalue weighted by atomic mass is 32.1. The molecule has 3 rings (SSSR count). The average molecular weight is 205 g/mol. The number of rotatable bonds is 0. The maximum atomic E-state index is 9.89. The first-order valence-electron chi connectivity index (χ1n) is 4.17. The van der Waals surface area contributed by atoms with E-state index in [1.54, 1.807) is 12.3 Å². The van der Waals surface area contributed by atoms with Crippen LogP contribution in [0.15, 0.2) is 23.7 Å². The topological polar surface area (TPSA) is 56.2 Å². The molecule has 0 bridgehead atoms. The van der Waals surface area contributed by atoms with Gasteiger partial charge < -0.3 is 15.2 Å². The van der Waals surface area contributed by atoms with E-state index < -0.39 is 0 Å². The minimum Gasteiger partial charge on any atom is -0.507 e. The Hall–Kier alpha value is -1.68. The minimum absolute atomic E-state index is 0.216. The molecule has 3 N–H and O–H groups in total. The van der Waals surface area contributed by atoms with E-state index in [0.29, 0.717) is 16.3 Å². The third kappa shape index (κ3) is 0.761. The van der Waals surface area contributed by atoms with Gasteiger partial charge in [0.05, 0.1) is 10.2 Å². The minimum atomic E-state index is 0.216. The Bertz CT molecular complexity index is 521. The molecule has 4 heteroatoms. The highest BCUT2D eigenvalue weighted by molar-refractivity contribution is 7.17. The molecule has 0 aliphatic rings. The lowest BCUT2D eigenvalue weighted by molar-refractivity contribution is 0.479. The molecular formula is C10H7NO2S. The monoisotopic (exact) mass is 205 g/mol. The van der Waals surface area contributed by atoms with Crippen molar-refractivity contribution < 1.29 is 10.2 Å². The molecular weight excluding hydrogens is 198 g/mol. The van der Waals surface area contributed by atoms with E-state index in [2.05, 4.69) is 4.98 Å². The zero-order valence-electron chi connectivity index (χ0n) is 7.11. The summed E-state index contributed by atoms with van der Waals surface area (Å²) in [5.74, 6) is 0.447. The van der Waals surface area contributed by atoms with Gasteiger partial charge >= 0.3 is 0 Å². The number of hydrogen-bond acceptors (Lipinski definition) is 3. The van der Waals surface area contributed by atoms with E-state index in [-0.39, 0.29) is 11.5 Å². The highest BCUT2D eigenvalue weighted by Crippen LogP contribution is 2.43. The fourth-order valence-electron chi connectivity index (χ4n) is 1.70. The van der Waals surface area contributed by atoms with Crippen molar-refractivity contribution in [3.05, 3.63) is 23.7 Å². The van der Waals surface area contributed by atoms with E-state index in [1.807, 2.05) is 11.4 Å². The zero-order valence-corrected chi connectivity index (χ0v) is 7.93. The molecule has 1 aromatic carbocycles. The van der Waals surface area contributed by atoms with Crippen LogP contribution in [0.1, 0.15) is 0 Å². The summed E-state index contributed by atoms with van der Waals surface area (Å²) in [6.45, 7) is 0. The Morgan fingerprint density at radius 2 is 1.93 bits per heavy atom. The second-order valence-corrected chi connectivity index (χ2v) is 4.04. The number of phenolic OH excluding ortho intramolecular Hbond substituents is 2. The van der Waals surface area contributed by atoms with Crippen LogP contribution in [0.5, 0.6) is 11.5 Å². The first-order chi connectivity index (χ1) is 6.79. The average Bonchev–Trinajstić information content (AvgIpc) is 2.82. The summed E-state index contributed by atoms with van der Waals surface area (Å²) >= 11 is 1.42. The Morgan fingerprint density at radius 1 is 1.07 bits per heavy atom. The lowest BCUT2D eigenvalue weighted by Crippen LogP contribution is -1.73. The summed E-state index contributed by atoms with van der Waals surface area (Å²) < 4.78 is 0.720. The fourth-order valence-corrected chi connectivity index (χ4v) is 2.55. The molecule has 3 aromatic rings. The van der Waals surface area contributed by atoms with Crippen LogP contribution < -0.4 is 0 Å². The van der Waals surface area contributed by atoms with Crippen molar-refractivity contribution in [2.24, 2.45) is 0 Å². The van der Waals surface area contributed by atoms with Crippen LogP contribution in [-0.2, 0) is 0 Å². The molecule has 3 nitrogen and oxygen atoms in total. The van der Waals surface area contributed by atoms with Crippen molar-refractivity contribution in [2.45, 2.75) is 0 Å². The number of phenols is 2. The van der Waals surface area contributed by atoms with Crippen LogP contribution in [0.3, 0.4) is 0 Å². The SMILES string of the molecule is Oc1c2cc[nH]c2c(O)c2sccc12. The van der Waals surface area contributed by atoms with Gasteiger partial charge in [0.25, 0.3) is 0 Å². The van der Waals surface area contributed by atoms with Crippen LogP contribution in [0.2, 0.25) is 0 Å². The molecule has 0 atom stereocenters. The maximum absolute atomic E-state index is 9.89. The van der Waals surface area contributed by atoms with Crippen LogP contribution in [0.25, 0.3) is 21.0 Å². The van der Waals surface area contributed by atoms with Crippen molar-refractivity contribution in [2.75, 3.05) is 0 Å².